The summed E-state index contributed by atoms with van der Waals surface area (Å²) in [7, 11) is -2.41. The minimum Gasteiger partial charge on any atom is -0.467 e. The van der Waals surface area contributed by atoms with Gasteiger partial charge in [0, 0.05) is 12.1 Å². The number of hydrogen-bond donors (Lipinski definition) is 0. The van der Waals surface area contributed by atoms with E-state index in [0.717, 1.165) is 29.2 Å². The van der Waals surface area contributed by atoms with Crippen molar-refractivity contribution in [2.75, 3.05) is 12.9 Å². The van der Waals surface area contributed by atoms with Gasteiger partial charge in [0.25, 0.3) is 10.0 Å². The van der Waals surface area contributed by atoms with Gasteiger partial charge in [0.2, 0.25) is 0 Å². The fourth-order valence-electron chi connectivity index (χ4n) is 3.75. The largest absolute Gasteiger partial charge is 0.467 e. The van der Waals surface area contributed by atoms with Gasteiger partial charge in [-0.25, -0.2) is 13.2 Å². The Bertz CT molecular complexity index is 749. The van der Waals surface area contributed by atoms with E-state index >= 15 is 0 Å². The zero-order chi connectivity index (χ0) is 21.1. The first-order valence-electron chi connectivity index (χ1n) is 10.7. The number of methoxy groups -OCH3 is 1. The van der Waals surface area contributed by atoms with Crippen molar-refractivity contribution in [1.82, 2.24) is 4.41 Å². The summed E-state index contributed by atoms with van der Waals surface area (Å²) >= 11 is 0. The molecule has 162 valence electrons. The lowest BCUT2D eigenvalue weighted by Gasteiger charge is -2.35. The molecular formula is C22H34N2O4S. The molecule has 2 atom stereocenters. The molecule has 1 aromatic carbocycles. The molecular weight excluding hydrogens is 388 g/mol. The highest BCUT2D eigenvalue weighted by Crippen LogP contribution is 2.32. The second-order valence-electron chi connectivity index (χ2n) is 7.58. The summed E-state index contributed by atoms with van der Waals surface area (Å²) < 4.78 is 31.9. The molecule has 7 heteroatoms. The first kappa shape index (κ1) is 23.4. The minimum absolute atomic E-state index is 0.00565. The van der Waals surface area contributed by atoms with Gasteiger partial charge in [0.15, 0.2) is 6.04 Å². The second-order valence-corrected chi connectivity index (χ2v) is 9.53. The highest BCUT2D eigenvalue weighted by molar-refractivity contribution is 7.89. The van der Waals surface area contributed by atoms with Crippen LogP contribution in [0, 0.1) is 0 Å². The summed E-state index contributed by atoms with van der Waals surface area (Å²) in [5, 5.41) is 4.10. The highest BCUT2D eigenvalue weighted by atomic mass is 32.2. The first-order valence-corrected chi connectivity index (χ1v) is 12.3. The van der Waals surface area contributed by atoms with Gasteiger partial charge in [-0.1, -0.05) is 82.2 Å². The van der Waals surface area contributed by atoms with Crippen LogP contribution in [0.25, 0.3) is 0 Å². The van der Waals surface area contributed by atoms with E-state index in [9.17, 15) is 13.2 Å². The number of hydrazone groups is 1. The lowest BCUT2D eigenvalue weighted by atomic mass is 9.88. The molecule has 0 fully saturated rings. The number of benzene rings is 1. The molecule has 29 heavy (non-hydrogen) atoms. The van der Waals surface area contributed by atoms with Crippen LogP contribution in [-0.4, -0.2) is 43.9 Å². The lowest BCUT2D eigenvalue weighted by Crippen LogP contribution is -2.49. The van der Waals surface area contributed by atoms with Gasteiger partial charge >= 0.3 is 5.97 Å². The SMILES string of the molecule is CCCCCCCCCCS(=O)(=O)N1N=CCC(c2ccccc2)C1C(=O)OC. The quantitative estimate of drug-likeness (QED) is 0.368. The fourth-order valence-corrected chi connectivity index (χ4v) is 5.29. The third-order valence-electron chi connectivity index (χ3n) is 5.39. The van der Waals surface area contributed by atoms with Crippen molar-refractivity contribution < 1.29 is 17.9 Å². The molecule has 2 unspecified atom stereocenters. The number of unbranched alkanes of at least 4 members (excludes halogenated alkanes) is 7. The number of rotatable bonds is 12. The van der Waals surface area contributed by atoms with E-state index in [1.165, 1.54) is 32.8 Å². The molecule has 0 amide bonds. The molecule has 1 aliphatic rings. The maximum absolute atomic E-state index is 13.0. The summed E-state index contributed by atoms with van der Waals surface area (Å²) in [6.07, 6.45) is 10.6. The van der Waals surface area contributed by atoms with Crippen LogP contribution in [0.4, 0.5) is 0 Å². The molecule has 0 saturated heterocycles. The van der Waals surface area contributed by atoms with E-state index in [2.05, 4.69) is 12.0 Å². The smallest absolute Gasteiger partial charge is 0.332 e. The van der Waals surface area contributed by atoms with Gasteiger partial charge in [0.1, 0.15) is 0 Å². The van der Waals surface area contributed by atoms with E-state index in [-0.39, 0.29) is 11.7 Å². The van der Waals surface area contributed by atoms with Crippen molar-refractivity contribution >= 4 is 22.2 Å². The van der Waals surface area contributed by atoms with Crippen molar-refractivity contribution in [2.24, 2.45) is 5.10 Å². The number of carbonyl (C=O) groups is 1. The third kappa shape index (κ3) is 6.84. The van der Waals surface area contributed by atoms with Crippen LogP contribution in [0.5, 0.6) is 0 Å². The van der Waals surface area contributed by atoms with Crippen LogP contribution >= 0.6 is 0 Å². The molecule has 6 nitrogen and oxygen atoms in total. The molecule has 0 saturated carbocycles. The van der Waals surface area contributed by atoms with Crippen molar-refractivity contribution in [2.45, 2.75) is 76.7 Å². The number of sulfonamides is 1. The van der Waals surface area contributed by atoms with Crippen molar-refractivity contribution in [3.8, 4) is 0 Å². The first-order chi connectivity index (χ1) is 14.0. The molecule has 1 heterocycles. The lowest BCUT2D eigenvalue weighted by molar-refractivity contribution is -0.146. The van der Waals surface area contributed by atoms with Crippen molar-refractivity contribution in [1.29, 1.82) is 0 Å². The number of nitrogens with zero attached hydrogens (tertiary/aromatic N) is 2. The monoisotopic (exact) mass is 422 g/mol. The van der Waals surface area contributed by atoms with Gasteiger partial charge in [-0.2, -0.15) is 9.52 Å². The molecule has 2 rings (SSSR count). The van der Waals surface area contributed by atoms with Crippen LogP contribution < -0.4 is 0 Å². The zero-order valence-electron chi connectivity index (χ0n) is 17.6. The topological polar surface area (TPSA) is 76.0 Å². The van der Waals surface area contributed by atoms with E-state index in [1.807, 2.05) is 30.3 Å². The summed E-state index contributed by atoms with van der Waals surface area (Å²) in [6.45, 7) is 2.19. The Labute approximate surface area is 175 Å². The van der Waals surface area contributed by atoms with Crippen molar-refractivity contribution in [3.05, 3.63) is 35.9 Å². The number of carbonyl (C=O) groups excluding carboxylic acids is 1. The van der Waals surface area contributed by atoms with Gasteiger partial charge in [-0.3, -0.25) is 0 Å². The van der Waals surface area contributed by atoms with Gasteiger partial charge in [-0.05, 0) is 18.4 Å². The molecule has 0 aromatic heterocycles. The Hall–Kier alpha value is -1.89. The standard InChI is InChI=1S/C22H34N2O4S/c1-3-4-5-6-7-8-9-13-18-29(26,27)24-21(22(25)28-2)20(16-17-23-24)19-14-11-10-12-15-19/h10-12,14-15,17,20-21H,3-9,13,16,18H2,1-2H3. The molecule has 1 aliphatic heterocycles. The summed E-state index contributed by atoms with van der Waals surface area (Å²) in [4.78, 5) is 12.5. The normalized spacial score (nSPS) is 19.3. The Morgan fingerprint density at radius 1 is 1.07 bits per heavy atom. The fraction of sp³-hybridized carbons (Fsp3) is 0.636. The third-order valence-corrected chi connectivity index (χ3v) is 7.08. The molecule has 0 aliphatic carbocycles. The van der Waals surface area contributed by atoms with Crippen LogP contribution in [-0.2, 0) is 19.6 Å². The summed E-state index contributed by atoms with van der Waals surface area (Å²) in [5.41, 5.74) is 0.904. The van der Waals surface area contributed by atoms with Gasteiger partial charge in [0.05, 0.1) is 12.9 Å². The van der Waals surface area contributed by atoms with E-state index in [0.29, 0.717) is 12.8 Å². The predicted octanol–water partition coefficient (Wildman–Crippen LogP) is 4.47. The van der Waals surface area contributed by atoms with Gasteiger partial charge < -0.3 is 4.74 Å². The van der Waals surface area contributed by atoms with Crippen LogP contribution in [0.15, 0.2) is 35.4 Å². The Morgan fingerprint density at radius 3 is 2.31 bits per heavy atom. The Kier molecular flexibility index (Phi) is 9.64. The van der Waals surface area contributed by atoms with E-state index < -0.39 is 22.0 Å². The maximum atomic E-state index is 13.0. The number of hydrogen-bond acceptors (Lipinski definition) is 5. The number of ether oxygens (including phenoxy) is 1. The molecule has 0 spiro atoms. The second kappa shape index (κ2) is 12.0. The number of esters is 1. The maximum Gasteiger partial charge on any atom is 0.332 e. The molecule has 0 N–H and O–H groups in total. The Balaban J connectivity index is 2.00. The van der Waals surface area contributed by atoms with Crippen LogP contribution in [0.2, 0.25) is 0 Å². The zero-order valence-corrected chi connectivity index (χ0v) is 18.4. The highest BCUT2D eigenvalue weighted by Gasteiger charge is 2.42. The Morgan fingerprint density at radius 2 is 1.69 bits per heavy atom. The van der Waals surface area contributed by atoms with Crippen LogP contribution in [0.3, 0.4) is 0 Å². The van der Waals surface area contributed by atoms with Gasteiger partial charge in [-0.15, -0.1) is 0 Å². The molecule has 0 bridgehead atoms. The van der Waals surface area contributed by atoms with E-state index in [4.69, 9.17) is 4.74 Å². The minimum atomic E-state index is -3.70. The van der Waals surface area contributed by atoms with Crippen LogP contribution in [0.1, 0.15) is 76.2 Å². The predicted molar refractivity (Wildman–Crippen MR) is 116 cm³/mol. The average molecular weight is 423 g/mol. The molecule has 0 radical (unpaired) electrons. The summed E-state index contributed by atoms with van der Waals surface area (Å²) in [6, 6.07) is 8.51. The average Bonchev–Trinajstić information content (AvgIpc) is 2.75. The summed E-state index contributed by atoms with van der Waals surface area (Å²) in [5.74, 6) is -0.890. The van der Waals surface area contributed by atoms with Crippen molar-refractivity contribution in [3.63, 3.8) is 0 Å². The molecule has 1 aromatic rings. The van der Waals surface area contributed by atoms with E-state index in [1.54, 1.807) is 6.21 Å².